The van der Waals surface area contributed by atoms with Gasteiger partial charge in [-0.2, -0.15) is 5.10 Å². The Morgan fingerprint density at radius 3 is 2.62 bits per heavy atom. The maximum Gasteiger partial charge on any atom is 0.350 e. The van der Waals surface area contributed by atoms with Crippen LogP contribution in [0.15, 0.2) is 41.5 Å². The van der Waals surface area contributed by atoms with Gasteiger partial charge in [-0.05, 0) is 12.1 Å². The number of benzene rings is 1. The molecule has 0 unspecified atom stereocenters. The van der Waals surface area contributed by atoms with E-state index >= 15 is 0 Å². The highest BCUT2D eigenvalue weighted by atomic mass is 16.4. The van der Waals surface area contributed by atoms with Gasteiger partial charge < -0.3 is 5.11 Å². The molecular formula is C10H9N3O3. The number of para-hydroxylation sites is 1. The standard InChI is InChI=1S/C10H9N3O3/c14-9(15)6-13-10(16)12(7-11-13)8-4-2-1-3-5-8/h1-5,7H,6H2,(H,14,15). The molecule has 0 aliphatic carbocycles. The molecule has 0 bridgehead atoms. The van der Waals surface area contributed by atoms with E-state index in [0.717, 1.165) is 4.68 Å². The van der Waals surface area contributed by atoms with Crippen LogP contribution in [0.2, 0.25) is 0 Å². The molecule has 2 aromatic rings. The highest BCUT2D eigenvalue weighted by molar-refractivity contribution is 5.66. The lowest BCUT2D eigenvalue weighted by atomic mass is 10.3. The van der Waals surface area contributed by atoms with Gasteiger partial charge in [0.05, 0.1) is 5.69 Å². The summed E-state index contributed by atoms with van der Waals surface area (Å²) in [4.78, 5) is 22.2. The molecule has 1 aromatic heterocycles. The molecule has 0 atom stereocenters. The summed E-state index contributed by atoms with van der Waals surface area (Å²) in [5, 5.41) is 12.3. The molecule has 0 spiro atoms. The quantitative estimate of drug-likeness (QED) is 0.795. The number of aromatic nitrogens is 3. The first-order chi connectivity index (χ1) is 7.68. The highest BCUT2D eigenvalue weighted by Gasteiger charge is 2.08. The molecule has 0 aliphatic rings. The van der Waals surface area contributed by atoms with E-state index in [1.54, 1.807) is 24.3 Å². The van der Waals surface area contributed by atoms with Crippen molar-refractivity contribution >= 4 is 5.97 Å². The third kappa shape index (κ3) is 1.85. The lowest BCUT2D eigenvalue weighted by Crippen LogP contribution is -2.26. The second-order valence-corrected chi connectivity index (χ2v) is 3.17. The molecule has 6 heteroatoms. The summed E-state index contributed by atoms with van der Waals surface area (Å²) in [7, 11) is 0. The molecule has 1 N–H and O–H groups in total. The maximum atomic E-state index is 11.7. The van der Waals surface area contributed by atoms with Gasteiger partial charge in [-0.3, -0.25) is 4.79 Å². The molecule has 2 rings (SSSR count). The van der Waals surface area contributed by atoms with Crippen LogP contribution in [0.5, 0.6) is 0 Å². The van der Waals surface area contributed by atoms with Gasteiger partial charge in [-0.1, -0.05) is 18.2 Å². The lowest BCUT2D eigenvalue weighted by molar-refractivity contribution is -0.137. The molecule has 1 heterocycles. The van der Waals surface area contributed by atoms with Gasteiger partial charge in [0.1, 0.15) is 12.9 Å². The molecule has 82 valence electrons. The Morgan fingerprint density at radius 1 is 1.31 bits per heavy atom. The third-order valence-corrected chi connectivity index (χ3v) is 2.05. The van der Waals surface area contributed by atoms with Gasteiger partial charge in [0.2, 0.25) is 0 Å². The average molecular weight is 219 g/mol. The molecule has 0 saturated heterocycles. The Hall–Kier alpha value is -2.37. The first-order valence-electron chi connectivity index (χ1n) is 4.60. The van der Waals surface area contributed by atoms with E-state index in [1.807, 2.05) is 6.07 Å². The fourth-order valence-electron chi connectivity index (χ4n) is 1.34. The van der Waals surface area contributed by atoms with E-state index < -0.39 is 18.2 Å². The van der Waals surface area contributed by atoms with Gasteiger partial charge in [0.15, 0.2) is 0 Å². The fourth-order valence-corrected chi connectivity index (χ4v) is 1.34. The summed E-state index contributed by atoms with van der Waals surface area (Å²) in [5.74, 6) is -1.10. The summed E-state index contributed by atoms with van der Waals surface area (Å²) < 4.78 is 2.19. The molecule has 0 saturated carbocycles. The Morgan fingerprint density at radius 2 is 2.00 bits per heavy atom. The van der Waals surface area contributed by atoms with Crippen molar-refractivity contribution in [1.29, 1.82) is 0 Å². The number of hydrogen-bond acceptors (Lipinski definition) is 3. The Balaban J connectivity index is 2.42. The number of aliphatic carboxylic acids is 1. The third-order valence-electron chi connectivity index (χ3n) is 2.05. The Bertz CT molecular complexity index is 556. The molecule has 16 heavy (non-hydrogen) atoms. The monoisotopic (exact) mass is 219 g/mol. The van der Waals surface area contributed by atoms with E-state index in [4.69, 9.17) is 5.11 Å². The highest BCUT2D eigenvalue weighted by Crippen LogP contribution is 2.01. The van der Waals surface area contributed by atoms with Crippen molar-refractivity contribution in [2.45, 2.75) is 6.54 Å². The predicted molar refractivity (Wildman–Crippen MR) is 55.5 cm³/mol. The van der Waals surface area contributed by atoms with Gasteiger partial charge in [-0.15, -0.1) is 0 Å². The predicted octanol–water partition coefficient (Wildman–Crippen LogP) is 0.119. The van der Waals surface area contributed by atoms with E-state index in [2.05, 4.69) is 5.10 Å². The van der Waals surface area contributed by atoms with Crippen molar-refractivity contribution in [2.75, 3.05) is 0 Å². The van der Waals surface area contributed by atoms with Gasteiger partial charge >= 0.3 is 11.7 Å². The van der Waals surface area contributed by atoms with Crippen molar-refractivity contribution in [3.05, 3.63) is 47.1 Å². The smallest absolute Gasteiger partial charge is 0.350 e. The van der Waals surface area contributed by atoms with Crippen LogP contribution >= 0.6 is 0 Å². The number of rotatable bonds is 3. The van der Waals surface area contributed by atoms with Crippen molar-refractivity contribution in [3.8, 4) is 5.69 Å². The number of carboxylic acids is 1. The van der Waals surface area contributed by atoms with Gasteiger partial charge in [0.25, 0.3) is 0 Å². The summed E-state index contributed by atoms with van der Waals surface area (Å²) in [6, 6.07) is 8.89. The zero-order valence-corrected chi connectivity index (χ0v) is 8.28. The first kappa shape index (κ1) is 10.2. The fraction of sp³-hybridized carbons (Fsp3) is 0.100. The zero-order chi connectivity index (χ0) is 11.5. The largest absolute Gasteiger partial charge is 0.480 e. The molecule has 1 aromatic carbocycles. The topological polar surface area (TPSA) is 77.1 Å². The second kappa shape index (κ2) is 4.01. The Kier molecular flexibility index (Phi) is 2.55. The van der Waals surface area contributed by atoms with Crippen molar-refractivity contribution < 1.29 is 9.90 Å². The van der Waals surface area contributed by atoms with Crippen LogP contribution in [-0.4, -0.2) is 25.4 Å². The molecule has 6 nitrogen and oxygen atoms in total. The molecule has 0 fully saturated rings. The maximum absolute atomic E-state index is 11.7. The molecular weight excluding hydrogens is 210 g/mol. The summed E-state index contributed by atoms with van der Waals surface area (Å²) >= 11 is 0. The van der Waals surface area contributed by atoms with Crippen LogP contribution in [0.1, 0.15) is 0 Å². The number of hydrogen-bond donors (Lipinski definition) is 1. The SMILES string of the molecule is O=C(O)Cn1ncn(-c2ccccc2)c1=O. The summed E-state index contributed by atoms with van der Waals surface area (Å²) in [6.45, 7) is -0.432. The summed E-state index contributed by atoms with van der Waals surface area (Å²) in [6.07, 6.45) is 1.31. The zero-order valence-electron chi connectivity index (χ0n) is 8.28. The minimum atomic E-state index is -1.10. The van der Waals surface area contributed by atoms with E-state index in [-0.39, 0.29) is 0 Å². The first-order valence-corrected chi connectivity index (χ1v) is 4.60. The molecule has 0 amide bonds. The van der Waals surface area contributed by atoms with Crippen molar-refractivity contribution in [3.63, 3.8) is 0 Å². The van der Waals surface area contributed by atoms with E-state index in [1.165, 1.54) is 10.9 Å². The Labute approximate surface area is 90.4 Å². The minimum absolute atomic E-state index is 0.432. The van der Waals surface area contributed by atoms with E-state index in [0.29, 0.717) is 5.69 Å². The van der Waals surface area contributed by atoms with E-state index in [9.17, 15) is 9.59 Å². The minimum Gasteiger partial charge on any atom is -0.480 e. The normalized spacial score (nSPS) is 10.2. The average Bonchev–Trinajstić information content (AvgIpc) is 2.61. The van der Waals surface area contributed by atoms with Crippen LogP contribution in [0.3, 0.4) is 0 Å². The van der Waals surface area contributed by atoms with Crippen LogP contribution in [0.4, 0.5) is 0 Å². The van der Waals surface area contributed by atoms with Crippen LogP contribution in [0.25, 0.3) is 5.69 Å². The van der Waals surface area contributed by atoms with Crippen LogP contribution < -0.4 is 5.69 Å². The van der Waals surface area contributed by atoms with Crippen molar-refractivity contribution in [1.82, 2.24) is 14.3 Å². The van der Waals surface area contributed by atoms with Crippen molar-refractivity contribution in [2.24, 2.45) is 0 Å². The summed E-state index contributed by atoms with van der Waals surface area (Å²) in [5.41, 5.74) is 0.192. The van der Waals surface area contributed by atoms with Crippen LogP contribution in [0, 0.1) is 0 Å². The number of carboxylic acid groups (broad SMARTS) is 1. The van der Waals surface area contributed by atoms with Crippen LogP contribution in [-0.2, 0) is 11.3 Å². The molecule has 0 aliphatic heterocycles. The molecule has 0 radical (unpaired) electrons. The van der Waals surface area contributed by atoms with Gasteiger partial charge in [0, 0.05) is 0 Å². The number of carbonyl (C=O) groups is 1. The van der Waals surface area contributed by atoms with Gasteiger partial charge in [-0.25, -0.2) is 14.0 Å². The number of nitrogens with zero attached hydrogens (tertiary/aromatic N) is 3. The second-order valence-electron chi connectivity index (χ2n) is 3.17. The lowest BCUT2D eigenvalue weighted by Gasteiger charge is -1.98.